The maximum atomic E-state index is 13.8. The molecule has 0 aliphatic heterocycles. The molecule has 1 aromatic rings. The van der Waals surface area contributed by atoms with Crippen LogP contribution in [0.5, 0.6) is 5.75 Å². The van der Waals surface area contributed by atoms with Gasteiger partial charge in [0.15, 0.2) is 11.6 Å². The van der Waals surface area contributed by atoms with Crippen molar-refractivity contribution < 1.29 is 19.0 Å². The predicted octanol–water partition coefficient (Wildman–Crippen LogP) is 3.00. The summed E-state index contributed by atoms with van der Waals surface area (Å²) < 4.78 is 19.2. The highest BCUT2D eigenvalue weighted by atomic mass is 19.1. The Balaban J connectivity index is 2.00. The molecule has 0 heterocycles. The number of halogens is 1. The van der Waals surface area contributed by atoms with Crippen LogP contribution in [0.4, 0.5) is 4.39 Å². The first-order chi connectivity index (χ1) is 9.54. The Morgan fingerprint density at radius 1 is 1.55 bits per heavy atom. The van der Waals surface area contributed by atoms with Crippen molar-refractivity contribution in [3.63, 3.8) is 0 Å². The standard InChI is InChI=1S/C15H14FNO3/c16-12-9-11(2-4-14(18)19)1-3-13(12)20-10-15(5-6-15)7-8-17/h1-4,9H,5-7,10H2,(H,18,19)/b4-2+. The van der Waals surface area contributed by atoms with Gasteiger partial charge in [-0.3, -0.25) is 0 Å². The van der Waals surface area contributed by atoms with Crippen molar-refractivity contribution in [3.8, 4) is 11.8 Å². The maximum Gasteiger partial charge on any atom is 0.328 e. The van der Waals surface area contributed by atoms with E-state index in [-0.39, 0.29) is 11.2 Å². The smallest absolute Gasteiger partial charge is 0.328 e. The van der Waals surface area contributed by atoms with Gasteiger partial charge in [0.1, 0.15) is 0 Å². The molecule has 4 nitrogen and oxygen atoms in total. The summed E-state index contributed by atoms with van der Waals surface area (Å²) in [6.45, 7) is 0.335. The topological polar surface area (TPSA) is 70.3 Å². The SMILES string of the molecule is N#CCC1(COc2ccc(/C=C/C(=O)O)cc2F)CC1. The number of benzene rings is 1. The number of nitrogens with zero attached hydrogens (tertiary/aromatic N) is 1. The van der Waals surface area contributed by atoms with E-state index in [2.05, 4.69) is 6.07 Å². The van der Waals surface area contributed by atoms with Gasteiger partial charge in [0, 0.05) is 17.9 Å². The summed E-state index contributed by atoms with van der Waals surface area (Å²) >= 11 is 0. The van der Waals surface area contributed by atoms with Crippen LogP contribution in [0.2, 0.25) is 0 Å². The molecule has 104 valence electrons. The molecule has 0 aromatic heterocycles. The molecule has 0 amide bonds. The van der Waals surface area contributed by atoms with E-state index in [1.807, 2.05) is 0 Å². The molecule has 1 aromatic carbocycles. The van der Waals surface area contributed by atoms with E-state index in [9.17, 15) is 9.18 Å². The number of carboxylic acids is 1. The molecule has 1 fully saturated rings. The van der Waals surface area contributed by atoms with Crippen molar-refractivity contribution in [2.45, 2.75) is 19.3 Å². The Hall–Kier alpha value is -2.35. The number of nitriles is 1. The average Bonchev–Trinajstić information content (AvgIpc) is 3.16. The van der Waals surface area contributed by atoms with Gasteiger partial charge in [0.2, 0.25) is 0 Å². The third kappa shape index (κ3) is 3.58. The van der Waals surface area contributed by atoms with Crippen molar-refractivity contribution >= 4 is 12.0 Å². The minimum Gasteiger partial charge on any atom is -0.490 e. The Bertz CT molecular complexity index is 585. The molecule has 0 unspecified atom stereocenters. The van der Waals surface area contributed by atoms with Crippen LogP contribution in [0.1, 0.15) is 24.8 Å². The average molecular weight is 275 g/mol. The summed E-state index contributed by atoms with van der Waals surface area (Å²) in [5.41, 5.74) is 0.346. The monoisotopic (exact) mass is 275 g/mol. The molecule has 0 radical (unpaired) electrons. The highest BCUT2D eigenvalue weighted by Gasteiger charge is 2.43. The predicted molar refractivity (Wildman–Crippen MR) is 70.5 cm³/mol. The van der Waals surface area contributed by atoms with Crippen LogP contribution in [0.25, 0.3) is 6.08 Å². The molecular weight excluding hydrogens is 261 g/mol. The molecule has 0 bridgehead atoms. The van der Waals surface area contributed by atoms with Crippen LogP contribution < -0.4 is 4.74 Å². The summed E-state index contributed by atoms with van der Waals surface area (Å²) in [5.74, 6) is -1.50. The van der Waals surface area contributed by atoms with E-state index in [1.54, 1.807) is 6.07 Å². The molecule has 2 rings (SSSR count). The summed E-state index contributed by atoms with van der Waals surface area (Å²) in [7, 11) is 0. The van der Waals surface area contributed by atoms with Crippen molar-refractivity contribution in [2.75, 3.05) is 6.61 Å². The number of ether oxygens (including phenoxy) is 1. The second kappa shape index (κ2) is 5.74. The maximum absolute atomic E-state index is 13.8. The number of carbonyl (C=O) groups is 1. The fourth-order valence-corrected chi connectivity index (χ4v) is 1.85. The third-order valence-corrected chi connectivity index (χ3v) is 3.32. The van der Waals surface area contributed by atoms with Crippen LogP contribution in [-0.4, -0.2) is 17.7 Å². The fourth-order valence-electron chi connectivity index (χ4n) is 1.85. The molecular formula is C15H14FNO3. The third-order valence-electron chi connectivity index (χ3n) is 3.32. The number of hydrogen-bond acceptors (Lipinski definition) is 3. The Labute approximate surface area is 116 Å². The van der Waals surface area contributed by atoms with Gasteiger partial charge in [-0.2, -0.15) is 5.26 Å². The van der Waals surface area contributed by atoms with Crippen LogP contribution in [0.3, 0.4) is 0 Å². The van der Waals surface area contributed by atoms with Crippen LogP contribution in [0.15, 0.2) is 24.3 Å². The lowest BCUT2D eigenvalue weighted by atomic mass is 10.1. The Kier molecular flexibility index (Phi) is 4.04. The molecule has 1 aliphatic carbocycles. The normalized spacial score (nSPS) is 15.8. The molecule has 1 N–H and O–H groups in total. The van der Waals surface area contributed by atoms with Gasteiger partial charge in [0.25, 0.3) is 0 Å². The van der Waals surface area contributed by atoms with Gasteiger partial charge in [-0.05, 0) is 36.6 Å². The zero-order valence-corrected chi connectivity index (χ0v) is 10.8. The first kappa shape index (κ1) is 14.1. The largest absolute Gasteiger partial charge is 0.490 e. The van der Waals surface area contributed by atoms with Gasteiger partial charge >= 0.3 is 5.97 Å². The minimum atomic E-state index is -1.09. The van der Waals surface area contributed by atoms with Gasteiger partial charge in [0.05, 0.1) is 12.7 Å². The zero-order chi connectivity index (χ0) is 14.6. The Morgan fingerprint density at radius 2 is 2.30 bits per heavy atom. The molecule has 0 atom stereocenters. The quantitative estimate of drug-likeness (QED) is 0.810. The molecule has 1 aliphatic rings. The summed E-state index contributed by atoms with van der Waals surface area (Å²) in [6.07, 6.45) is 4.55. The first-order valence-corrected chi connectivity index (χ1v) is 6.25. The number of aliphatic carboxylic acids is 1. The zero-order valence-electron chi connectivity index (χ0n) is 10.8. The Morgan fingerprint density at radius 3 is 2.85 bits per heavy atom. The number of rotatable bonds is 6. The van der Waals surface area contributed by atoms with Crippen LogP contribution in [-0.2, 0) is 4.79 Å². The summed E-state index contributed by atoms with van der Waals surface area (Å²) in [4.78, 5) is 10.4. The molecule has 0 spiro atoms. The van der Waals surface area contributed by atoms with Crippen molar-refractivity contribution in [1.29, 1.82) is 5.26 Å². The lowest BCUT2D eigenvalue weighted by Gasteiger charge is -2.13. The molecule has 0 saturated heterocycles. The van der Waals surface area contributed by atoms with E-state index in [0.717, 1.165) is 18.9 Å². The molecule has 1 saturated carbocycles. The van der Waals surface area contributed by atoms with Gasteiger partial charge < -0.3 is 9.84 Å². The summed E-state index contributed by atoms with van der Waals surface area (Å²) in [5, 5.41) is 17.2. The van der Waals surface area contributed by atoms with Gasteiger partial charge in [-0.25, -0.2) is 9.18 Å². The summed E-state index contributed by atoms with van der Waals surface area (Å²) in [6, 6.07) is 6.40. The van der Waals surface area contributed by atoms with Crippen LogP contribution >= 0.6 is 0 Å². The lowest BCUT2D eigenvalue weighted by Crippen LogP contribution is -2.13. The van der Waals surface area contributed by atoms with Crippen molar-refractivity contribution in [2.24, 2.45) is 5.41 Å². The minimum absolute atomic E-state index is 0.108. The second-order valence-corrected chi connectivity index (χ2v) is 4.98. The second-order valence-electron chi connectivity index (χ2n) is 4.98. The van der Waals surface area contributed by atoms with Gasteiger partial charge in [-0.15, -0.1) is 0 Å². The van der Waals surface area contributed by atoms with Crippen LogP contribution in [0, 0.1) is 22.6 Å². The highest BCUT2D eigenvalue weighted by Crippen LogP contribution is 2.48. The van der Waals surface area contributed by atoms with Gasteiger partial charge in [-0.1, -0.05) is 6.07 Å². The van der Waals surface area contributed by atoms with E-state index in [0.29, 0.717) is 18.6 Å². The van der Waals surface area contributed by atoms with E-state index < -0.39 is 11.8 Å². The molecule has 20 heavy (non-hydrogen) atoms. The van der Waals surface area contributed by atoms with Crippen molar-refractivity contribution in [1.82, 2.24) is 0 Å². The number of hydrogen-bond donors (Lipinski definition) is 1. The highest BCUT2D eigenvalue weighted by molar-refractivity contribution is 5.85. The molecule has 5 heteroatoms. The van der Waals surface area contributed by atoms with Crippen molar-refractivity contribution in [3.05, 3.63) is 35.7 Å². The lowest BCUT2D eigenvalue weighted by molar-refractivity contribution is -0.131. The number of carboxylic acid groups (broad SMARTS) is 1. The first-order valence-electron chi connectivity index (χ1n) is 6.25. The fraction of sp³-hybridized carbons (Fsp3) is 0.333. The van der Waals surface area contributed by atoms with E-state index in [4.69, 9.17) is 15.1 Å². The van der Waals surface area contributed by atoms with E-state index in [1.165, 1.54) is 18.2 Å². The van der Waals surface area contributed by atoms with E-state index >= 15 is 0 Å².